The molecule has 0 spiro atoms. The van der Waals surface area contributed by atoms with Gasteiger partial charge in [-0.15, -0.1) is 0 Å². The van der Waals surface area contributed by atoms with E-state index in [0.717, 1.165) is 20.8 Å². The molecule has 1 aliphatic heterocycles. The molecule has 0 aliphatic carbocycles. The molecule has 0 radical (unpaired) electrons. The van der Waals surface area contributed by atoms with Gasteiger partial charge in [0.1, 0.15) is 12.1 Å². The van der Waals surface area contributed by atoms with Crippen molar-refractivity contribution in [1.82, 2.24) is 0 Å². The molecule has 0 aromatic rings. The number of azide groups is 1. The van der Waals surface area contributed by atoms with Crippen molar-refractivity contribution in [3.63, 3.8) is 0 Å². The third-order valence-electron chi connectivity index (χ3n) is 2.90. The molecule has 0 aromatic heterocycles. The Labute approximate surface area is 131 Å². The maximum Gasteiger partial charge on any atom is 0.304 e. The normalized spacial score (nSPS) is 29.8. The standard InChI is InChI=1S/C12H18N4O7/c1-5(17)20-10-8(4-15-16-14)23-12(22-7(3)19)9(13)11(10)21-6(2)18/h8-12H,4,13H2,1-3H3/t8?,9-,10+,11?,12+/m0/s1. The van der Waals surface area contributed by atoms with Crippen molar-refractivity contribution >= 4 is 17.9 Å². The van der Waals surface area contributed by atoms with Crippen LogP contribution in [0, 0.1) is 0 Å². The first-order chi connectivity index (χ1) is 10.8. The van der Waals surface area contributed by atoms with Gasteiger partial charge in [0.2, 0.25) is 6.29 Å². The van der Waals surface area contributed by atoms with Gasteiger partial charge >= 0.3 is 17.9 Å². The second-order valence-corrected chi connectivity index (χ2v) is 4.79. The van der Waals surface area contributed by atoms with E-state index in [9.17, 15) is 14.4 Å². The molecule has 1 rings (SSSR count). The second kappa shape index (κ2) is 8.32. The largest absolute Gasteiger partial charge is 0.457 e. The Morgan fingerprint density at radius 3 is 2.09 bits per heavy atom. The molecule has 1 aliphatic rings. The molecule has 11 nitrogen and oxygen atoms in total. The lowest BCUT2D eigenvalue weighted by Gasteiger charge is -2.42. The monoisotopic (exact) mass is 330 g/mol. The SMILES string of the molecule is CC(=O)OC1[C@H](OC(C)=O)C(CN=[N+]=[N-])O[C@@H](OC(C)=O)[C@H]1N. The summed E-state index contributed by atoms with van der Waals surface area (Å²) in [7, 11) is 0. The topological polar surface area (TPSA) is 163 Å². The van der Waals surface area contributed by atoms with Crippen LogP contribution in [0.4, 0.5) is 0 Å². The van der Waals surface area contributed by atoms with Crippen LogP contribution < -0.4 is 5.73 Å². The third-order valence-corrected chi connectivity index (χ3v) is 2.90. The van der Waals surface area contributed by atoms with E-state index in [1.165, 1.54) is 0 Å². The van der Waals surface area contributed by atoms with Crippen LogP contribution in [0.5, 0.6) is 0 Å². The third kappa shape index (κ3) is 5.40. The van der Waals surface area contributed by atoms with Gasteiger partial charge in [0.25, 0.3) is 0 Å². The van der Waals surface area contributed by atoms with Gasteiger partial charge in [0.15, 0.2) is 12.2 Å². The first-order valence-corrected chi connectivity index (χ1v) is 6.69. The summed E-state index contributed by atoms with van der Waals surface area (Å²) < 4.78 is 20.5. The summed E-state index contributed by atoms with van der Waals surface area (Å²) in [6.45, 7) is 3.21. The highest BCUT2D eigenvalue weighted by molar-refractivity contribution is 5.68. The van der Waals surface area contributed by atoms with E-state index >= 15 is 0 Å². The highest BCUT2D eigenvalue weighted by Gasteiger charge is 2.49. The highest BCUT2D eigenvalue weighted by atomic mass is 16.7. The summed E-state index contributed by atoms with van der Waals surface area (Å²) in [6.07, 6.45) is -4.48. The minimum atomic E-state index is -1.25. The molecule has 11 heteroatoms. The van der Waals surface area contributed by atoms with Crippen molar-refractivity contribution in [3.8, 4) is 0 Å². The number of ether oxygens (including phenoxy) is 4. The lowest BCUT2D eigenvalue weighted by molar-refractivity contribution is -0.258. The molecule has 0 saturated carbocycles. The molecule has 2 unspecified atom stereocenters. The van der Waals surface area contributed by atoms with Crippen molar-refractivity contribution in [2.45, 2.75) is 51.4 Å². The van der Waals surface area contributed by atoms with E-state index in [2.05, 4.69) is 10.0 Å². The average Bonchev–Trinajstić information content (AvgIpc) is 2.43. The van der Waals surface area contributed by atoms with Gasteiger partial charge in [-0.1, -0.05) is 5.11 Å². The maximum absolute atomic E-state index is 11.3. The van der Waals surface area contributed by atoms with E-state index < -0.39 is 48.6 Å². The lowest BCUT2D eigenvalue weighted by atomic mass is 9.96. The molecule has 0 bridgehead atoms. The minimum absolute atomic E-state index is 0.239. The Balaban J connectivity index is 3.11. The van der Waals surface area contributed by atoms with Gasteiger partial charge in [0, 0.05) is 25.7 Å². The first-order valence-electron chi connectivity index (χ1n) is 6.69. The van der Waals surface area contributed by atoms with E-state index in [-0.39, 0.29) is 6.54 Å². The molecule has 0 amide bonds. The molecule has 1 heterocycles. The molecular weight excluding hydrogens is 312 g/mol. The fourth-order valence-electron chi connectivity index (χ4n) is 2.13. The van der Waals surface area contributed by atoms with Crippen LogP contribution in [0.2, 0.25) is 0 Å². The quantitative estimate of drug-likeness (QED) is 0.237. The Morgan fingerprint density at radius 1 is 1.09 bits per heavy atom. The van der Waals surface area contributed by atoms with Gasteiger partial charge in [-0.2, -0.15) is 0 Å². The number of esters is 3. The van der Waals surface area contributed by atoms with E-state index in [0.29, 0.717) is 0 Å². The smallest absolute Gasteiger partial charge is 0.304 e. The van der Waals surface area contributed by atoms with E-state index in [1.807, 2.05) is 0 Å². The Morgan fingerprint density at radius 2 is 1.61 bits per heavy atom. The average molecular weight is 330 g/mol. The fraction of sp³-hybridized carbons (Fsp3) is 0.750. The summed E-state index contributed by atoms with van der Waals surface area (Å²) >= 11 is 0. The highest BCUT2D eigenvalue weighted by Crippen LogP contribution is 2.26. The number of hydrogen-bond donors (Lipinski definition) is 1. The van der Waals surface area contributed by atoms with Gasteiger partial charge in [0.05, 0.1) is 6.54 Å². The van der Waals surface area contributed by atoms with Gasteiger partial charge in [-0.25, -0.2) is 0 Å². The summed E-state index contributed by atoms with van der Waals surface area (Å²) in [5, 5.41) is 3.35. The Hall–Kier alpha value is -2.36. The number of carbonyl (C=O) groups is 3. The maximum atomic E-state index is 11.3. The second-order valence-electron chi connectivity index (χ2n) is 4.79. The van der Waals surface area contributed by atoms with Crippen molar-refractivity contribution in [2.24, 2.45) is 10.8 Å². The van der Waals surface area contributed by atoms with Crippen molar-refractivity contribution < 1.29 is 33.3 Å². The molecule has 128 valence electrons. The molecular formula is C12H18N4O7. The number of carbonyl (C=O) groups excluding carboxylic acids is 3. The van der Waals surface area contributed by atoms with Crippen LogP contribution in [0.1, 0.15) is 20.8 Å². The number of nitrogens with two attached hydrogens (primary N) is 1. The molecule has 1 fully saturated rings. The van der Waals surface area contributed by atoms with Crippen LogP contribution in [-0.4, -0.2) is 55.1 Å². The van der Waals surface area contributed by atoms with Crippen molar-refractivity contribution in [2.75, 3.05) is 6.54 Å². The van der Waals surface area contributed by atoms with Crippen molar-refractivity contribution in [3.05, 3.63) is 10.4 Å². The van der Waals surface area contributed by atoms with Gasteiger partial charge in [-0.3, -0.25) is 14.4 Å². The van der Waals surface area contributed by atoms with Crippen LogP contribution in [0.25, 0.3) is 10.4 Å². The summed E-state index contributed by atoms with van der Waals surface area (Å²) in [5.41, 5.74) is 14.3. The zero-order chi connectivity index (χ0) is 17.6. The molecule has 0 aromatic carbocycles. The number of nitrogens with zero attached hydrogens (tertiary/aromatic N) is 3. The predicted octanol–water partition coefficient (Wildman–Crippen LogP) is -0.225. The van der Waals surface area contributed by atoms with Crippen LogP contribution in [0.3, 0.4) is 0 Å². The number of hydrogen-bond acceptors (Lipinski definition) is 9. The zero-order valence-corrected chi connectivity index (χ0v) is 12.9. The Kier molecular flexibility index (Phi) is 6.76. The molecule has 5 atom stereocenters. The lowest BCUT2D eigenvalue weighted by Crippen LogP contribution is -2.64. The summed E-state index contributed by atoms with van der Waals surface area (Å²) in [4.78, 5) is 36.3. The minimum Gasteiger partial charge on any atom is -0.457 e. The Bertz CT molecular complexity index is 520. The summed E-state index contributed by atoms with van der Waals surface area (Å²) in [5.74, 6) is -2.01. The van der Waals surface area contributed by atoms with Gasteiger partial charge < -0.3 is 24.7 Å². The van der Waals surface area contributed by atoms with E-state index in [4.69, 9.17) is 30.2 Å². The van der Waals surface area contributed by atoms with Crippen molar-refractivity contribution in [1.29, 1.82) is 0 Å². The van der Waals surface area contributed by atoms with Crippen LogP contribution in [-0.2, 0) is 33.3 Å². The first kappa shape index (κ1) is 18.7. The van der Waals surface area contributed by atoms with Crippen LogP contribution >= 0.6 is 0 Å². The van der Waals surface area contributed by atoms with Crippen LogP contribution in [0.15, 0.2) is 5.11 Å². The zero-order valence-electron chi connectivity index (χ0n) is 12.9. The summed E-state index contributed by atoms with van der Waals surface area (Å²) in [6, 6.07) is -1.09. The fourth-order valence-corrected chi connectivity index (χ4v) is 2.13. The van der Waals surface area contributed by atoms with E-state index in [1.54, 1.807) is 0 Å². The number of rotatable bonds is 5. The van der Waals surface area contributed by atoms with Gasteiger partial charge in [-0.05, 0) is 5.53 Å². The molecule has 1 saturated heterocycles. The molecule has 2 N–H and O–H groups in total. The predicted molar refractivity (Wildman–Crippen MR) is 73.5 cm³/mol. The molecule has 23 heavy (non-hydrogen) atoms.